The largest absolute Gasteiger partial charge is 0.480 e. The van der Waals surface area contributed by atoms with E-state index in [0.717, 1.165) is 34.4 Å². The number of hydrogen-bond acceptors (Lipinski definition) is 7. The molecule has 3 N–H and O–H groups in total. The van der Waals surface area contributed by atoms with Crippen LogP contribution in [0.25, 0.3) is 11.1 Å². The van der Waals surface area contributed by atoms with Gasteiger partial charge in [0.25, 0.3) is 5.69 Å². The molecule has 39 heavy (non-hydrogen) atoms. The van der Waals surface area contributed by atoms with Crippen molar-refractivity contribution >= 4 is 27.8 Å². The Hall–Kier alpha value is -4.29. The molecule has 4 rings (SSSR count). The first-order valence-corrected chi connectivity index (χ1v) is 13.7. The van der Waals surface area contributed by atoms with Crippen molar-refractivity contribution in [1.29, 1.82) is 0 Å². The van der Waals surface area contributed by atoms with Crippen LogP contribution in [-0.2, 0) is 19.6 Å². The predicted molar refractivity (Wildman–Crippen MR) is 142 cm³/mol. The van der Waals surface area contributed by atoms with Crippen LogP contribution >= 0.6 is 0 Å². The lowest BCUT2D eigenvalue weighted by atomic mass is 9.98. The van der Waals surface area contributed by atoms with E-state index in [2.05, 4.69) is 10.0 Å². The molecule has 0 fully saturated rings. The zero-order chi connectivity index (χ0) is 28.0. The summed E-state index contributed by atoms with van der Waals surface area (Å²) in [4.78, 5) is 34.0. The maximum Gasteiger partial charge on any atom is 0.407 e. The predicted octanol–water partition coefficient (Wildman–Crippen LogP) is 4.04. The quantitative estimate of drug-likeness (QED) is 0.172. The summed E-state index contributed by atoms with van der Waals surface area (Å²) in [6.45, 7) is -0.0226. The van der Waals surface area contributed by atoms with Gasteiger partial charge >= 0.3 is 12.1 Å². The number of ether oxygens (including phenoxy) is 1. The fraction of sp³-hybridized carbons (Fsp3) is 0.259. The number of unbranched alkanes of at least 4 members (excludes halogenated alkanes) is 1. The highest BCUT2D eigenvalue weighted by atomic mass is 32.2. The summed E-state index contributed by atoms with van der Waals surface area (Å²) in [5.74, 6) is -1.41. The normalized spacial score (nSPS) is 13.2. The SMILES string of the molecule is O=C(N[C@@H](CCCCNS(=O)(=O)c1ccccc1[N+](=O)[O-])C(=O)O)OCC1c2ccccc2-c2ccccc21. The lowest BCUT2D eigenvalue weighted by Crippen LogP contribution is -2.41. The number of para-hydroxylation sites is 1. The molecule has 0 bridgehead atoms. The highest BCUT2D eigenvalue weighted by Crippen LogP contribution is 2.44. The molecule has 1 aliphatic carbocycles. The first kappa shape index (κ1) is 27.7. The number of rotatable bonds is 12. The molecule has 0 spiro atoms. The van der Waals surface area contributed by atoms with Gasteiger partial charge in [-0.2, -0.15) is 0 Å². The van der Waals surface area contributed by atoms with Crippen LogP contribution in [0.1, 0.15) is 36.3 Å². The van der Waals surface area contributed by atoms with E-state index in [4.69, 9.17) is 4.74 Å². The Bertz CT molecular complexity index is 1450. The summed E-state index contributed by atoms with van der Waals surface area (Å²) >= 11 is 0. The van der Waals surface area contributed by atoms with Crippen molar-refractivity contribution in [3.8, 4) is 11.1 Å². The first-order chi connectivity index (χ1) is 18.7. The van der Waals surface area contributed by atoms with Gasteiger partial charge in [-0.05, 0) is 47.6 Å². The molecule has 3 aromatic carbocycles. The van der Waals surface area contributed by atoms with Crippen LogP contribution in [0, 0.1) is 10.1 Å². The Morgan fingerprint density at radius 2 is 1.54 bits per heavy atom. The van der Waals surface area contributed by atoms with Gasteiger partial charge in [0.05, 0.1) is 4.92 Å². The van der Waals surface area contributed by atoms with Gasteiger partial charge in [0, 0.05) is 18.5 Å². The van der Waals surface area contributed by atoms with Gasteiger partial charge in [0.1, 0.15) is 12.6 Å². The van der Waals surface area contributed by atoms with Crippen LogP contribution in [0.5, 0.6) is 0 Å². The van der Waals surface area contributed by atoms with Crippen LogP contribution < -0.4 is 10.0 Å². The van der Waals surface area contributed by atoms with Gasteiger partial charge < -0.3 is 15.2 Å². The second-order valence-corrected chi connectivity index (χ2v) is 10.7. The molecule has 1 aliphatic rings. The molecule has 0 aromatic heterocycles. The number of nitrogens with one attached hydrogen (secondary N) is 2. The number of sulfonamides is 1. The number of fused-ring (bicyclic) bond motifs is 3. The van der Waals surface area contributed by atoms with Crippen LogP contribution in [0.2, 0.25) is 0 Å². The molecule has 0 aliphatic heterocycles. The second-order valence-electron chi connectivity index (χ2n) is 8.98. The van der Waals surface area contributed by atoms with Crippen molar-refractivity contribution in [3.05, 3.63) is 94.0 Å². The van der Waals surface area contributed by atoms with E-state index in [-0.39, 0.29) is 38.3 Å². The number of nitro benzene ring substituents is 1. The minimum Gasteiger partial charge on any atom is -0.480 e. The Kier molecular flexibility index (Phi) is 8.57. The monoisotopic (exact) mass is 553 g/mol. The molecular weight excluding hydrogens is 526 g/mol. The van der Waals surface area contributed by atoms with Crippen LogP contribution in [0.15, 0.2) is 77.7 Å². The van der Waals surface area contributed by atoms with Gasteiger partial charge in [-0.15, -0.1) is 0 Å². The smallest absolute Gasteiger partial charge is 0.407 e. The number of hydrogen-bond donors (Lipinski definition) is 3. The van der Waals surface area contributed by atoms with E-state index in [0.29, 0.717) is 0 Å². The molecule has 0 radical (unpaired) electrons. The summed E-state index contributed by atoms with van der Waals surface area (Å²) in [5.41, 5.74) is 3.67. The van der Waals surface area contributed by atoms with E-state index >= 15 is 0 Å². The maximum absolute atomic E-state index is 12.5. The number of alkyl carbamates (subject to hydrolysis) is 1. The molecule has 1 amide bonds. The third kappa shape index (κ3) is 6.41. The van der Waals surface area contributed by atoms with Crippen LogP contribution in [0.3, 0.4) is 0 Å². The fourth-order valence-corrected chi connectivity index (χ4v) is 5.88. The highest BCUT2D eigenvalue weighted by Gasteiger charge is 2.30. The number of nitrogens with zero attached hydrogens (tertiary/aromatic N) is 1. The summed E-state index contributed by atoms with van der Waals surface area (Å²) in [7, 11) is -4.13. The van der Waals surface area contributed by atoms with E-state index in [1.165, 1.54) is 12.1 Å². The lowest BCUT2D eigenvalue weighted by Gasteiger charge is -2.17. The summed E-state index contributed by atoms with van der Waals surface area (Å²) in [6, 6.07) is 19.5. The van der Waals surface area contributed by atoms with E-state index in [9.17, 15) is 33.2 Å². The Labute approximate surface area is 225 Å². The molecule has 12 heteroatoms. The molecule has 0 saturated carbocycles. The number of nitro groups is 1. The average Bonchev–Trinajstić information content (AvgIpc) is 3.24. The second kappa shape index (κ2) is 12.0. The van der Waals surface area contributed by atoms with Gasteiger partial charge in [0.15, 0.2) is 4.90 Å². The number of carboxylic acid groups (broad SMARTS) is 1. The topological polar surface area (TPSA) is 165 Å². The Morgan fingerprint density at radius 3 is 2.15 bits per heavy atom. The van der Waals surface area contributed by atoms with Crippen molar-refractivity contribution < 1.29 is 32.8 Å². The number of aliphatic carboxylic acids is 1. The standard InChI is InChI=1S/C27H27N3O8S/c31-26(32)23(13-7-8-16-28-39(36,37)25-15-6-5-14-24(25)30(34)35)29-27(33)38-17-22-20-11-3-1-9-18(20)19-10-2-4-12-21(19)22/h1-6,9-12,14-15,22-23,28H,7-8,13,16-17H2,(H,29,33)(H,31,32)/t23-/m0/s1. The number of carbonyl (C=O) groups is 2. The third-order valence-electron chi connectivity index (χ3n) is 6.50. The number of carbonyl (C=O) groups excluding carboxylic acids is 1. The van der Waals surface area contributed by atoms with Gasteiger partial charge in [-0.1, -0.05) is 60.7 Å². The van der Waals surface area contributed by atoms with E-state index in [1.54, 1.807) is 0 Å². The third-order valence-corrected chi connectivity index (χ3v) is 8.01. The number of amides is 1. The molecular formula is C27H27N3O8S. The van der Waals surface area contributed by atoms with E-state index < -0.39 is 43.6 Å². The molecule has 0 saturated heterocycles. The van der Waals surface area contributed by atoms with Gasteiger partial charge in [-0.3, -0.25) is 10.1 Å². The molecule has 3 aromatic rings. The summed E-state index contributed by atoms with van der Waals surface area (Å²) in [6.07, 6.45) is -0.315. The fourth-order valence-electron chi connectivity index (χ4n) is 4.63. The highest BCUT2D eigenvalue weighted by molar-refractivity contribution is 7.89. The molecule has 11 nitrogen and oxygen atoms in total. The Balaban J connectivity index is 1.26. The molecule has 0 unspecified atom stereocenters. The lowest BCUT2D eigenvalue weighted by molar-refractivity contribution is -0.387. The average molecular weight is 554 g/mol. The Morgan fingerprint density at radius 1 is 0.949 bits per heavy atom. The first-order valence-electron chi connectivity index (χ1n) is 12.3. The minimum absolute atomic E-state index is 0.0345. The maximum atomic E-state index is 12.5. The van der Waals surface area contributed by atoms with Crippen molar-refractivity contribution in [2.24, 2.45) is 0 Å². The van der Waals surface area contributed by atoms with Gasteiger partial charge in [-0.25, -0.2) is 22.7 Å². The minimum atomic E-state index is -4.13. The summed E-state index contributed by atoms with van der Waals surface area (Å²) < 4.78 is 32.6. The number of carboxylic acids is 1. The molecule has 204 valence electrons. The molecule has 1 atom stereocenters. The zero-order valence-corrected chi connectivity index (χ0v) is 21.6. The van der Waals surface area contributed by atoms with Gasteiger partial charge in [0.2, 0.25) is 10.0 Å². The van der Waals surface area contributed by atoms with Crippen molar-refractivity contribution in [2.45, 2.75) is 36.1 Å². The van der Waals surface area contributed by atoms with Crippen molar-refractivity contribution in [2.75, 3.05) is 13.2 Å². The van der Waals surface area contributed by atoms with E-state index in [1.807, 2.05) is 48.5 Å². The molecule has 0 heterocycles. The van der Waals surface area contributed by atoms with Crippen molar-refractivity contribution in [1.82, 2.24) is 10.0 Å². The summed E-state index contributed by atoms with van der Waals surface area (Å²) in [5, 5.41) is 23.0. The zero-order valence-electron chi connectivity index (χ0n) is 20.8. The van der Waals surface area contributed by atoms with Crippen LogP contribution in [-0.4, -0.2) is 49.7 Å². The van der Waals surface area contributed by atoms with Crippen LogP contribution in [0.4, 0.5) is 10.5 Å². The van der Waals surface area contributed by atoms with Crippen molar-refractivity contribution in [3.63, 3.8) is 0 Å². The number of benzene rings is 3.